The number of fused-ring (bicyclic) bond motifs is 1. The zero-order chi connectivity index (χ0) is 19.6. The van der Waals surface area contributed by atoms with Crippen molar-refractivity contribution >= 4 is 27.7 Å². The number of methoxy groups -OCH3 is 2. The first-order valence-electron chi connectivity index (χ1n) is 8.52. The van der Waals surface area contributed by atoms with Crippen LogP contribution in [0.4, 0.5) is 0 Å². The Hall–Kier alpha value is -2.41. The molecule has 1 unspecified atom stereocenters. The molecule has 3 rings (SSSR count). The number of carbonyl (C=O) groups excluding carboxylic acids is 2. The van der Waals surface area contributed by atoms with Crippen LogP contribution in [0.5, 0.6) is 11.5 Å². The molecule has 1 aromatic carbocycles. The van der Waals surface area contributed by atoms with E-state index in [4.69, 9.17) is 14.2 Å². The summed E-state index contributed by atoms with van der Waals surface area (Å²) >= 11 is 3.45. The summed E-state index contributed by atoms with van der Waals surface area (Å²) in [4.78, 5) is 30.4. The third-order valence-electron chi connectivity index (χ3n) is 4.80. The van der Waals surface area contributed by atoms with Crippen LogP contribution in [0, 0.1) is 5.41 Å². The maximum atomic E-state index is 13.4. The van der Waals surface area contributed by atoms with Gasteiger partial charge in [-0.1, -0.05) is 0 Å². The molecule has 0 saturated heterocycles. The molecule has 2 aromatic rings. The fourth-order valence-electron chi connectivity index (χ4n) is 3.46. The van der Waals surface area contributed by atoms with Crippen molar-refractivity contribution in [2.45, 2.75) is 19.8 Å². The van der Waals surface area contributed by atoms with Crippen molar-refractivity contribution in [2.24, 2.45) is 5.41 Å². The van der Waals surface area contributed by atoms with Crippen molar-refractivity contribution in [1.29, 1.82) is 0 Å². The molecular weight excluding hydrogens is 414 g/mol. The average molecular weight is 434 g/mol. The molecule has 1 aliphatic rings. The van der Waals surface area contributed by atoms with Crippen molar-refractivity contribution < 1.29 is 23.8 Å². The van der Waals surface area contributed by atoms with E-state index in [9.17, 15) is 9.59 Å². The Labute approximate surface area is 166 Å². The number of rotatable bonds is 6. The molecule has 0 bridgehead atoms. The van der Waals surface area contributed by atoms with E-state index < -0.39 is 11.4 Å². The highest BCUT2D eigenvalue weighted by Gasteiger charge is 2.53. The van der Waals surface area contributed by atoms with Crippen molar-refractivity contribution in [3.05, 3.63) is 51.8 Å². The number of Topliss-reactive ketones (excluding diaryl/α,β-unsaturated/α-hetero) is 1. The summed E-state index contributed by atoms with van der Waals surface area (Å²) in [6.45, 7) is 1.93. The van der Waals surface area contributed by atoms with Crippen LogP contribution in [0.2, 0.25) is 0 Å². The molecule has 1 atom stereocenters. The van der Waals surface area contributed by atoms with Crippen LogP contribution in [0.3, 0.4) is 0 Å². The lowest BCUT2D eigenvalue weighted by molar-refractivity contribution is -0.152. The van der Waals surface area contributed by atoms with Gasteiger partial charge in [-0.2, -0.15) is 0 Å². The normalized spacial score (nSPS) is 18.1. The van der Waals surface area contributed by atoms with Crippen LogP contribution in [0.15, 0.2) is 35.1 Å². The lowest BCUT2D eigenvalue weighted by atomic mass is 9.78. The van der Waals surface area contributed by atoms with Gasteiger partial charge in [-0.15, -0.1) is 0 Å². The van der Waals surface area contributed by atoms with E-state index >= 15 is 0 Å². The molecule has 6 nitrogen and oxygen atoms in total. The lowest BCUT2D eigenvalue weighted by Crippen LogP contribution is -2.41. The van der Waals surface area contributed by atoms with Gasteiger partial charge in [0.15, 0.2) is 17.3 Å². The predicted octanol–water partition coefficient (Wildman–Crippen LogP) is 3.39. The lowest BCUT2D eigenvalue weighted by Gasteiger charge is -2.25. The van der Waals surface area contributed by atoms with Crippen LogP contribution >= 0.6 is 15.9 Å². The Morgan fingerprint density at radius 3 is 2.59 bits per heavy atom. The molecule has 0 radical (unpaired) electrons. The molecule has 1 aromatic heterocycles. The zero-order valence-electron chi connectivity index (χ0n) is 15.4. The average Bonchev–Trinajstić information content (AvgIpc) is 2.95. The van der Waals surface area contributed by atoms with Crippen molar-refractivity contribution in [1.82, 2.24) is 4.98 Å². The maximum Gasteiger partial charge on any atom is 0.320 e. The first kappa shape index (κ1) is 19.4. The topological polar surface area (TPSA) is 74.7 Å². The number of hydrogen-bond donors (Lipinski definition) is 0. The van der Waals surface area contributed by atoms with E-state index in [-0.39, 0.29) is 25.2 Å². The van der Waals surface area contributed by atoms with Crippen LogP contribution in [-0.4, -0.2) is 37.6 Å². The van der Waals surface area contributed by atoms with Crippen molar-refractivity contribution in [3.63, 3.8) is 0 Å². The molecule has 0 N–H and O–H groups in total. The minimum absolute atomic E-state index is 0.203. The van der Waals surface area contributed by atoms with Crippen LogP contribution in [0.25, 0.3) is 0 Å². The van der Waals surface area contributed by atoms with E-state index in [2.05, 4.69) is 20.9 Å². The van der Waals surface area contributed by atoms with Gasteiger partial charge in [0, 0.05) is 22.4 Å². The monoisotopic (exact) mass is 433 g/mol. The number of ketones is 1. The van der Waals surface area contributed by atoms with Gasteiger partial charge in [0.25, 0.3) is 0 Å². The number of halogens is 1. The largest absolute Gasteiger partial charge is 0.493 e. The van der Waals surface area contributed by atoms with Gasteiger partial charge in [-0.05, 0) is 65.0 Å². The molecule has 1 heterocycles. The van der Waals surface area contributed by atoms with Gasteiger partial charge in [-0.25, -0.2) is 0 Å². The van der Waals surface area contributed by atoms with Gasteiger partial charge in [0.05, 0.1) is 20.8 Å². The summed E-state index contributed by atoms with van der Waals surface area (Å²) in [7, 11) is 3.05. The molecule has 27 heavy (non-hydrogen) atoms. The SMILES string of the molecule is CCOC(=O)C1(Cc2ccncc2Br)Cc2cc(OC)c(OC)cc2C1=O. The van der Waals surface area contributed by atoms with Crippen LogP contribution < -0.4 is 9.47 Å². The Morgan fingerprint density at radius 1 is 1.26 bits per heavy atom. The van der Waals surface area contributed by atoms with Gasteiger partial charge in [0.1, 0.15) is 5.41 Å². The van der Waals surface area contributed by atoms with E-state index in [1.54, 1.807) is 37.5 Å². The van der Waals surface area contributed by atoms with Crippen LogP contribution in [0.1, 0.15) is 28.4 Å². The number of benzene rings is 1. The van der Waals surface area contributed by atoms with Gasteiger partial charge in [0.2, 0.25) is 0 Å². The molecular formula is C20H20BrNO5. The standard InChI is InChI=1S/C20H20BrNO5/c1-4-27-19(24)20(9-12-5-6-22-11-15(12)21)10-13-7-16(25-2)17(26-3)8-14(13)18(20)23/h5-8,11H,4,9-10H2,1-3H3. The van der Waals surface area contributed by atoms with Gasteiger partial charge >= 0.3 is 5.97 Å². The third-order valence-corrected chi connectivity index (χ3v) is 5.51. The second kappa shape index (κ2) is 7.68. The molecule has 7 heteroatoms. The number of hydrogen-bond acceptors (Lipinski definition) is 6. The van der Waals surface area contributed by atoms with Gasteiger partial charge in [-0.3, -0.25) is 14.6 Å². The Morgan fingerprint density at radius 2 is 1.96 bits per heavy atom. The van der Waals surface area contributed by atoms with E-state index in [1.165, 1.54) is 14.2 Å². The minimum Gasteiger partial charge on any atom is -0.493 e. The Bertz CT molecular complexity index is 898. The molecule has 0 fully saturated rings. The summed E-state index contributed by atoms with van der Waals surface area (Å²) in [6, 6.07) is 5.19. The number of pyridine rings is 1. The Balaban J connectivity index is 2.10. The fraction of sp³-hybridized carbons (Fsp3) is 0.350. The second-order valence-electron chi connectivity index (χ2n) is 6.32. The summed E-state index contributed by atoms with van der Waals surface area (Å²) < 4.78 is 16.7. The first-order valence-corrected chi connectivity index (χ1v) is 9.31. The van der Waals surface area contributed by atoms with E-state index in [0.29, 0.717) is 17.1 Å². The fourth-order valence-corrected chi connectivity index (χ4v) is 3.85. The molecule has 0 saturated carbocycles. The van der Waals surface area contributed by atoms with Crippen LogP contribution in [-0.2, 0) is 22.4 Å². The highest BCUT2D eigenvalue weighted by atomic mass is 79.9. The molecule has 0 aliphatic heterocycles. The highest BCUT2D eigenvalue weighted by Crippen LogP contribution is 2.45. The number of esters is 1. The van der Waals surface area contributed by atoms with Crippen molar-refractivity contribution in [2.75, 3.05) is 20.8 Å². The zero-order valence-corrected chi connectivity index (χ0v) is 17.0. The summed E-state index contributed by atoms with van der Waals surface area (Å²) in [5, 5.41) is 0. The smallest absolute Gasteiger partial charge is 0.320 e. The summed E-state index contributed by atoms with van der Waals surface area (Å²) in [6.07, 6.45) is 3.74. The molecule has 0 spiro atoms. The first-order chi connectivity index (χ1) is 13.0. The minimum atomic E-state index is -1.32. The molecule has 0 amide bonds. The Kier molecular flexibility index (Phi) is 5.51. The number of ether oxygens (including phenoxy) is 3. The number of aromatic nitrogens is 1. The quantitative estimate of drug-likeness (QED) is 0.513. The highest BCUT2D eigenvalue weighted by molar-refractivity contribution is 9.10. The molecule has 142 valence electrons. The van der Waals surface area contributed by atoms with E-state index in [1.807, 2.05) is 0 Å². The van der Waals surface area contributed by atoms with Gasteiger partial charge < -0.3 is 14.2 Å². The number of nitrogens with zero attached hydrogens (tertiary/aromatic N) is 1. The summed E-state index contributed by atoms with van der Waals surface area (Å²) in [5.41, 5.74) is 0.708. The van der Waals surface area contributed by atoms with Crippen molar-refractivity contribution in [3.8, 4) is 11.5 Å². The number of carbonyl (C=O) groups is 2. The third kappa shape index (κ3) is 3.32. The second-order valence-corrected chi connectivity index (χ2v) is 7.17. The summed E-state index contributed by atoms with van der Waals surface area (Å²) in [5.74, 6) is 0.191. The van der Waals surface area contributed by atoms with E-state index in [0.717, 1.165) is 15.6 Å². The maximum absolute atomic E-state index is 13.4. The molecule has 1 aliphatic carbocycles. The predicted molar refractivity (Wildman–Crippen MR) is 102 cm³/mol.